The van der Waals surface area contributed by atoms with Crippen LogP contribution in [0.1, 0.15) is 11.1 Å². The molecule has 2 aromatic heterocycles. The van der Waals surface area contributed by atoms with Crippen LogP contribution < -0.4 is 26.2 Å². The van der Waals surface area contributed by atoms with Crippen LogP contribution in [0.5, 0.6) is 0 Å². The standard InChI is InChI=1S/C41H28BF2N3O/c1-23-9-6-12-28(43)38(23)46-32-15-8-16-33-36(32)42(37-34(46)20-19-31-35(37)26-11-4-5-14-30(26)45(31)3)27-18-17-25-21-22-48-41(25)40(27)47(33)39-24(2)10-7-13-29(39)44/h4-22H,1-3H3. The van der Waals surface area contributed by atoms with Crippen molar-refractivity contribution in [2.75, 3.05) is 9.80 Å². The molecule has 0 unspecified atom stereocenters. The summed E-state index contributed by atoms with van der Waals surface area (Å²) in [5, 5.41) is 3.19. The molecule has 0 fully saturated rings. The smallest absolute Gasteiger partial charge is 0.253 e. The third-order valence-corrected chi connectivity index (χ3v) is 10.4. The predicted octanol–water partition coefficient (Wildman–Crippen LogP) is 9.06. The first-order valence-electron chi connectivity index (χ1n) is 16.2. The van der Waals surface area contributed by atoms with E-state index in [2.05, 4.69) is 77.2 Å². The van der Waals surface area contributed by atoms with Gasteiger partial charge in [-0.05, 0) is 89.9 Å². The fourth-order valence-electron chi connectivity index (χ4n) is 8.47. The molecule has 0 N–H and O–H groups in total. The Morgan fingerprint density at radius 2 is 1.25 bits per heavy atom. The van der Waals surface area contributed by atoms with Crippen molar-refractivity contribution in [1.82, 2.24) is 4.57 Å². The van der Waals surface area contributed by atoms with Gasteiger partial charge in [-0.15, -0.1) is 0 Å². The summed E-state index contributed by atoms with van der Waals surface area (Å²) in [6.45, 7) is 3.64. The minimum Gasteiger partial charge on any atom is -0.462 e. The zero-order valence-corrected chi connectivity index (χ0v) is 26.6. The number of hydrogen-bond acceptors (Lipinski definition) is 3. The summed E-state index contributed by atoms with van der Waals surface area (Å²) in [6, 6.07) is 35.5. The minimum atomic E-state index is -0.324. The number of aromatic nitrogens is 1. The second-order valence-electron chi connectivity index (χ2n) is 12.9. The van der Waals surface area contributed by atoms with Crippen molar-refractivity contribution >= 4 is 90.0 Å². The van der Waals surface area contributed by atoms with E-state index in [1.807, 2.05) is 43.0 Å². The van der Waals surface area contributed by atoms with Crippen LogP contribution in [0.15, 0.2) is 120 Å². The number of furan rings is 1. The molecule has 2 aliphatic rings. The van der Waals surface area contributed by atoms with E-state index in [0.29, 0.717) is 17.0 Å². The Labute approximate surface area is 276 Å². The SMILES string of the molecule is Cc1cccc(F)c1N1c2cccc3c2B(c2ccc4ccoc4c2N3c2c(C)cccc2F)c2c1ccc1c2c2ccccc2n1C. The van der Waals surface area contributed by atoms with Gasteiger partial charge in [0, 0.05) is 51.3 Å². The predicted molar refractivity (Wildman–Crippen MR) is 194 cm³/mol. The maximum absolute atomic E-state index is 16.2. The molecule has 0 amide bonds. The van der Waals surface area contributed by atoms with Gasteiger partial charge in [-0.2, -0.15) is 0 Å². The molecule has 0 spiro atoms. The molecular formula is C41H28BF2N3O. The van der Waals surface area contributed by atoms with Crippen LogP contribution in [-0.2, 0) is 7.05 Å². The van der Waals surface area contributed by atoms with E-state index < -0.39 is 0 Å². The van der Waals surface area contributed by atoms with Gasteiger partial charge in [0.25, 0.3) is 6.71 Å². The van der Waals surface area contributed by atoms with Gasteiger partial charge in [0.15, 0.2) is 5.58 Å². The summed E-state index contributed by atoms with van der Waals surface area (Å²) in [5.74, 6) is -0.625. The molecule has 2 aliphatic heterocycles. The lowest BCUT2D eigenvalue weighted by Gasteiger charge is -2.44. The normalized spacial score (nSPS) is 13.4. The highest BCUT2D eigenvalue weighted by molar-refractivity contribution is 7.02. The summed E-state index contributed by atoms with van der Waals surface area (Å²) in [5.41, 5.74) is 12.0. The topological polar surface area (TPSA) is 24.6 Å². The summed E-state index contributed by atoms with van der Waals surface area (Å²) < 4.78 is 40.9. The summed E-state index contributed by atoms with van der Waals surface area (Å²) >= 11 is 0. The van der Waals surface area contributed by atoms with Gasteiger partial charge in [-0.1, -0.05) is 60.7 Å². The molecule has 0 aliphatic carbocycles. The quantitative estimate of drug-likeness (QED) is 0.179. The summed E-state index contributed by atoms with van der Waals surface area (Å²) in [4.78, 5) is 4.11. The van der Waals surface area contributed by atoms with Crippen LogP contribution in [0.3, 0.4) is 0 Å². The van der Waals surface area contributed by atoms with Crippen LogP contribution in [0.25, 0.3) is 32.8 Å². The van der Waals surface area contributed by atoms with Gasteiger partial charge >= 0.3 is 0 Å². The highest BCUT2D eigenvalue weighted by atomic mass is 19.1. The Balaban J connectivity index is 1.43. The fraction of sp³-hybridized carbons (Fsp3) is 0.0732. The molecule has 10 rings (SSSR count). The van der Waals surface area contributed by atoms with Crippen molar-refractivity contribution in [3.8, 4) is 0 Å². The first-order valence-corrected chi connectivity index (χ1v) is 16.2. The Kier molecular flexibility index (Phi) is 5.47. The number of benzene rings is 6. The number of para-hydroxylation sites is 3. The Hall–Kier alpha value is -5.82. The first-order chi connectivity index (χ1) is 23.4. The average Bonchev–Trinajstić information content (AvgIpc) is 3.69. The van der Waals surface area contributed by atoms with E-state index in [1.54, 1.807) is 18.4 Å². The second-order valence-corrected chi connectivity index (χ2v) is 12.9. The van der Waals surface area contributed by atoms with E-state index in [9.17, 15) is 0 Å². The lowest BCUT2D eigenvalue weighted by atomic mass is 9.33. The van der Waals surface area contributed by atoms with Gasteiger partial charge in [0.2, 0.25) is 0 Å². The molecule has 0 atom stereocenters. The lowest BCUT2D eigenvalue weighted by Crippen LogP contribution is -2.61. The maximum Gasteiger partial charge on any atom is 0.253 e. The van der Waals surface area contributed by atoms with Gasteiger partial charge in [-0.3, -0.25) is 0 Å². The van der Waals surface area contributed by atoms with Crippen LogP contribution in [0, 0.1) is 25.5 Å². The lowest BCUT2D eigenvalue weighted by molar-refractivity contribution is 0.614. The van der Waals surface area contributed by atoms with E-state index in [4.69, 9.17) is 4.42 Å². The number of hydrogen-bond donors (Lipinski definition) is 0. The molecule has 230 valence electrons. The third kappa shape index (κ3) is 3.38. The van der Waals surface area contributed by atoms with Gasteiger partial charge in [0.05, 0.1) is 23.3 Å². The zero-order chi connectivity index (χ0) is 32.4. The average molecular weight is 628 g/mol. The number of anilines is 6. The van der Waals surface area contributed by atoms with Crippen LogP contribution >= 0.6 is 0 Å². The summed E-state index contributed by atoms with van der Waals surface area (Å²) in [6.07, 6.45) is 1.70. The van der Waals surface area contributed by atoms with Crippen molar-refractivity contribution in [2.45, 2.75) is 13.8 Å². The molecule has 0 bridgehead atoms. The highest BCUT2D eigenvalue weighted by Crippen LogP contribution is 2.49. The van der Waals surface area contributed by atoms with Gasteiger partial charge in [0.1, 0.15) is 11.6 Å². The maximum atomic E-state index is 16.2. The Morgan fingerprint density at radius 3 is 2.00 bits per heavy atom. The number of aryl methyl sites for hydroxylation is 3. The monoisotopic (exact) mass is 627 g/mol. The zero-order valence-electron chi connectivity index (χ0n) is 26.6. The van der Waals surface area contributed by atoms with E-state index in [1.165, 1.54) is 12.1 Å². The first kappa shape index (κ1) is 27.3. The molecule has 0 radical (unpaired) electrons. The van der Waals surface area contributed by atoms with Crippen LogP contribution in [0.4, 0.5) is 42.9 Å². The molecule has 8 aromatic rings. The minimum absolute atomic E-state index is 0.253. The Bertz CT molecular complexity index is 2630. The largest absolute Gasteiger partial charge is 0.462 e. The summed E-state index contributed by atoms with van der Waals surface area (Å²) in [7, 11) is 2.10. The molecule has 4 heterocycles. The van der Waals surface area contributed by atoms with Crippen molar-refractivity contribution in [1.29, 1.82) is 0 Å². The van der Waals surface area contributed by atoms with Crippen molar-refractivity contribution in [2.24, 2.45) is 7.05 Å². The molecule has 0 saturated carbocycles. The number of halogens is 2. The van der Waals surface area contributed by atoms with Gasteiger partial charge < -0.3 is 18.8 Å². The highest BCUT2D eigenvalue weighted by Gasteiger charge is 2.46. The van der Waals surface area contributed by atoms with E-state index >= 15 is 8.78 Å². The molecule has 6 aromatic carbocycles. The van der Waals surface area contributed by atoms with Gasteiger partial charge in [-0.25, -0.2) is 8.78 Å². The molecule has 4 nitrogen and oxygen atoms in total. The van der Waals surface area contributed by atoms with E-state index in [-0.39, 0.29) is 18.3 Å². The Morgan fingerprint density at radius 1 is 0.583 bits per heavy atom. The molecule has 0 saturated heterocycles. The van der Waals surface area contributed by atoms with Crippen molar-refractivity contribution < 1.29 is 13.2 Å². The second kappa shape index (κ2) is 9.61. The van der Waals surface area contributed by atoms with Crippen LogP contribution in [0.2, 0.25) is 0 Å². The van der Waals surface area contributed by atoms with Crippen molar-refractivity contribution in [3.05, 3.63) is 138 Å². The fourth-order valence-corrected chi connectivity index (χ4v) is 8.47. The molecular weight excluding hydrogens is 599 g/mol. The molecule has 48 heavy (non-hydrogen) atoms. The number of fused-ring (bicyclic) bond motifs is 10. The molecule has 7 heteroatoms. The van der Waals surface area contributed by atoms with Crippen molar-refractivity contribution in [3.63, 3.8) is 0 Å². The van der Waals surface area contributed by atoms with E-state index in [0.717, 1.165) is 77.5 Å². The third-order valence-electron chi connectivity index (χ3n) is 10.4. The van der Waals surface area contributed by atoms with Crippen LogP contribution in [-0.4, -0.2) is 11.3 Å². The number of rotatable bonds is 2. The number of nitrogens with zero attached hydrogens (tertiary/aromatic N) is 3.